The van der Waals surface area contributed by atoms with Crippen LogP contribution in [0.5, 0.6) is 0 Å². The normalized spacial score (nSPS) is 22.1. The van der Waals surface area contributed by atoms with Gasteiger partial charge in [0.05, 0.1) is 12.4 Å². The fraction of sp³-hybridized carbons (Fsp3) is 0.500. The van der Waals surface area contributed by atoms with Crippen molar-refractivity contribution in [3.05, 3.63) is 60.1 Å². The Kier molecular flexibility index (Phi) is 9.26. The van der Waals surface area contributed by atoms with Crippen LogP contribution in [0.1, 0.15) is 63.0 Å². The molecule has 0 radical (unpaired) electrons. The number of amides is 4. The maximum Gasteiger partial charge on any atom is 0.322 e. The van der Waals surface area contributed by atoms with Crippen molar-refractivity contribution in [1.29, 1.82) is 0 Å². The Morgan fingerprint density at radius 2 is 1.73 bits per heavy atom. The van der Waals surface area contributed by atoms with E-state index in [-0.39, 0.29) is 30.3 Å². The Balaban J connectivity index is 1.99. The SMILES string of the molecule is C=C1N(C)CC(=O)N[C@@H](CC(C)C)C(=O)NC(=O)N[C@@H](Cc2ccccc2)c2nnc(o2)C(CC)N1C. The number of fused-ring (bicyclic) bond motifs is 2. The van der Waals surface area contributed by atoms with E-state index in [1.807, 2.05) is 63.1 Å². The zero-order chi connectivity index (χ0) is 27.1. The first-order valence-electron chi connectivity index (χ1n) is 12.5. The highest BCUT2D eigenvalue weighted by Gasteiger charge is 2.30. The van der Waals surface area contributed by atoms with E-state index in [4.69, 9.17) is 4.42 Å². The molecule has 11 nitrogen and oxygen atoms in total. The van der Waals surface area contributed by atoms with Crippen LogP contribution < -0.4 is 16.0 Å². The van der Waals surface area contributed by atoms with Gasteiger partial charge >= 0.3 is 6.03 Å². The van der Waals surface area contributed by atoms with E-state index in [0.29, 0.717) is 31.0 Å². The number of likely N-dealkylation sites (N-methyl/N-ethyl adjacent to an activating group) is 1. The minimum atomic E-state index is -0.878. The molecule has 0 saturated carbocycles. The molecule has 1 aromatic heterocycles. The standard InChI is InChI=1S/C26H37N7O4/c1-7-21-25-31-30-24(37-25)20(14-18-11-9-8-10-12-18)28-26(36)29-23(35)19(13-16(2)3)27-22(34)15-32(5)17(4)33(21)6/h8-12,16,19-21H,4,7,13-15H2,1-3,5-6H3,(H,27,34)(H2,28,29,35,36)/t19-,20-,21?/m0/s1. The highest BCUT2D eigenvalue weighted by molar-refractivity contribution is 5.98. The van der Waals surface area contributed by atoms with Crippen molar-refractivity contribution in [1.82, 2.24) is 35.9 Å². The molecule has 1 aliphatic heterocycles. The number of hydrogen-bond acceptors (Lipinski definition) is 8. The summed E-state index contributed by atoms with van der Waals surface area (Å²) in [6.07, 6.45) is 1.38. The van der Waals surface area contributed by atoms with Crippen molar-refractivity contribution in [2.24, 2.45) is 5.92 Å². The van der Waals surface area contributed by atoms with Gasteiger partial charge in [0.2, 0.25) is 17.7 Å². The lowest BCUT2D eigenvalue weighted by atomic mass is 10.0. The molecule has 0 fully saturated rings. The number of nitrogens with one attached hydrogen (secondary N) is 3. The number of carbonyl (C=O) groups excluding carboxylic acids is 3. The molecule has 0 saturated heterocycles. The Hall–Kier alpha value is -3.89. The zero-order valence-corrected chi connectivity index (χ0v) is 22.2. The van der Waals surface area contributed by atoms with Gasteiger partial charge in [-0.15, -0.1) is 10.2 Å². The third-order valence-electron chi connectivity index (χ3n) is 6.31. The Bertz CT molecular complexity index is 1100. The van der Waals surface area contributed by atoms with Crippen LogP contribution in [-0.2, 0) is 16.0 Å². The summed E-state index contributed by atoms with van der Waals surface area (Å²) in [5.41, 5.74) is 0.942. The predicted molar refractivity (Wildman–Crippen MR) is 138 cm³/mol. The minimum absolute atomic E-state index is 0.0259. The summed E-state index contributed by atoms with van der Waals surface area (Å²) in [6.45, 7) is 9.98. The van der Waals surface area contributed by atoms with Gasteiger partial charge in [-0.25, -0.2) is 4.79 Å². The summed E-state index contributed by atoms with van der Waals surface area (Å²) in [5.74, 6) is 0.316. The summed E-state index contributed by atoms with van der Waals surface area (Å²) >= 11 is 0. The van der Waals surface area contributed by atoms with Crippen LogP contribution in [0.4, 0.5) is 4.79 Å². The topological polar surface area (TPSA) is 133 Å². The van der Waals surface area contributed by atoms with Gasteiger partial charge in [0.1, 0.15) is 18.1 Å². The van der Waals surface area contributed by atoms with Crippen LogP contribution in [0.3, 0.4) is 0 Å². The Labute approximate surface area is 217 Å². The van der Waals surface area contributed by atoms with Gasteiger partial charge in [0.25, 0.3) is 5.91 Å². The number of carbonyl (C=O) groups is 3. The third kappa shape index (κ3) is 7.31. The Morgan fingerprint density at radius 1 is 1.05 bits per heavy atom. The second kappa shape index (κ2) is 12.4. The van der Waals surface area contributed by atoms with Gasteiger partial charge in [0, 0.05) is 20.5 Å². The smallest absolute Gasteiger partial charge is 0.322 e. The van der Waals surface area contributed by atoms with Gasteiger partial charge in [-0.05, 0) is 24.3 Å². The van der Waals surface area contributed by atoms with Crippen LogP contribution in [0.15, 0.2) is 47.1 Å². The fourth-order valence-electron chi connectivity index (χ4n) is 4.28. The average Bonchev–Trinajstić information content (AvgIpc) is 3.32. The van der Waals surface area contributed by atoms with Crippen molar-refractivity contribution in [3.8, 4) is 0 Å². The molecule has 1 aliphatic rings. The summed E-state index contributed by atoms with van der Waals surface area (Å²) in [7, 11) is 3.59. The van der Waals surface area contributed by atoms with E-state index in [1.54, 1.807) is 11.9 Å². The quantitative estimate of drug-likeness (QED) is 0.558. The van der Waals surface area contributed by atoms with Crippen molar-refractivity contribution >= 4 is 17.8 Å². The Morgan fingerprint density at radius 3 is 2.38 bits per heavy atom. The van der Waals surface area contributed by atoms with Crippen molar-refractivity contribution in [3.63, 3.8) is 0 Å². The molecule has 1 aromatic carbocycles. The molecule has 11 heteroatoms. The third-order valence-corrected chi connectivity index (χ3v) is 6.31. The molecule has 3 rings (SSSR count). The van der Waals surface area contributed by atoms with Gasteiger partial charge in [-0.3, -0.25) is 14.9 Å². The maximum atomic E-state index is 13.0. The maximum absolute atomic E-state index is 13.0. The highest BCUT2D eigenvalue weighted by atomic mass is 16.4. The number of benzene rings is 1. The van der Waals surface area contributed by atoms with Crippen LogP contribution >= 0.6 is 0 Å². The van der Waals surface area contributed by atoms with Crippen molar-refractivity contribution < 1.29 is 18.8 Å². The molecule has 4 amide bonds. The number of aromatic nitrogens is 2. The molecule has 37 heavy (non-hydrogen) atoms. The minimum Gasteiger partial charge on any atom is -0.421 e. The molecule has 0 aliphatic carbocycles. The van der Waals surface area contributed by atoms with Gasteiger partial charge in [0.15, 0.2) is 0 Å². The van der Waals surface area contributed by atoms with E-state index < -0.39 is 24.0 Å². The largest absolute Gasteiger partial charge is 0.421 e. The van der Waals surface area contributed by atoms with E-state index in [9.17, 15) is 14.4 Å². The van der Waals surface area contributed by atoms with E-state index >= 15 is 0 Å². The van der Waals surface area contributed by atoms with Crippen molar-refractivity contribution in [2.75, 3.05) is 20.6 Å². The number of hydrogen-bond donors (Lipinski definition) is 3. The van der Waals surface area contributed by atoms with E-state index in [0.717, 1.165) is 5.56 Å². The van der Waals surface area contributed by atoms with E-state index in [1.165, 1.54) is 0 Å². The molecule has 200 valence electrons. The molecular weight excluding hydrogens is 474 g/mol. The van der Waals surface area contributed by atoms with Crippen molar-refractivity contribution in [2.45, 2.75) is 58.2 Å². The molecule has 3 atom stereocenters. The summed E-state index contributed by atoms with van der Waals surface area (Å²) in [4.78, 5) is 42.3. The van der Waals surface area contributed by atoms with Crippen LogP contribution in [0.25, 0.3) is 0 Å². The summed E-state index contributed by atoms with van der Waals surface area (Å²) in [6, 6.07) is 6.99. The van der Waals surface area contributed by atoms with Gasteiger partial charge in [-0.2, -0.15) is 0 Å². The van der Waals surface area contributed by atoms with Crippen LogP contribution in [-0.4, -0.2) is 64.5 Å². The number of imide groups is 1. The lowest BCUT2D eigenvalue weighted by Crippen LogP contribution is -2.53. The predicted octanol–water partition coefficient (Wildman–Crippen LogP) is 2.51. The van der Waals surface area contributed by atoms with Crippen LogP contribution in [0, 0.1) is 5.92 Å². The van der Waals surface area contributed by atoms with Gasteiger partial charge < -0.3 is 24.9 Å². The first-order chi connectivity index (χ1) is 17.6. The van der Waals surface area contributed by atoms with Crippen LogP contribution in [0.2, 0.25) is 0 Å². The lowest BCUT2D eigenvalue weighted by Gasteiger charge is -2.34. The van der Waals surface area contributed by atoms with E-state index in [2.05, 4.69) is 32.7 Å². The number of rotatable bonds is 5. The monoisotopic (exact) mass is 511 g/mol. The average molecular weight is 512 g/mol. The second-order valence-corrected chi connectivity index (χ2v) is 9.74. The molecule has 3 N–H and O–H groups in total. The molecule has 0 spiro atoms. The summed E-state index contributed by atoms with van der Waals surface area (Å²) < 4.78 is 6.07. The summed E-state index contributed by atoms with van der Waals surface area (Å²) in [5, 5.41) is 16.4. The second-order valence-electron chi connectivity index (χ2n) is 9.74. The molecular formula is C26H37N7O4. The lowest BCUT2D eigenvalue weighted by molar-refractivity contribution is -0.129. The highest BCUT2D eigenvalue weighted by Crippen LogP contribution is 2.28. The fourth-order valence-corrected chi connectivity index (χ4v) is 4.28. The first kappa shape index (κ1) is 27.7. The molecule has 2 aromatic rings. The molecule has 2 bridgehead atoms. The molecule has 2 heterocycles. The molecule has 1 unspecified atom stereocenters. The first-order valence-corrected chi connectivity index (χ1v) is 12.5. The number of urea groups is 1. The number of nitrogens with zero attached hydrogens (tertiary/aromatic N) is 4. The zero-order valence-electron chi connectivity index (χ0n) is 22.2. The van der Waals surface area contributed by atoms with Gasteiger partial charge in [-0.1, -0.05) is 57.7 Å².